The van der Waals surface area contributed by atoms with Crippen LogP contribution in [-0.4, -0.2) is 27.0 Å². The van der Waals surface area contributed by atoms with E-state index in [0.29, 0.717) is 19.2 Å². The van der Waals surface area contributed by atoms with Crippen molar-refractivity contribution < 1.29 is 26.0 Å². The summed E-state index contributed by atoms with van der Waals surface area (Å²) in [6.45, 7) is 0.929. The van der Waals surface area contributed by atoms with E-state index in [4.69, 9.17) is 0 Å². The van der Waals surface area contributed by atoms with Crippen molar-refractivity contribution in [3.63, 3.8) is 0 Å². The highest BCUT2D eigenvalue weighted by Gasteiger charge is 2.48. The van der Waals surface area contributed by atoms with Crippen LogP contribution in [0.5, 0.6) is 0 Å². The quantitative estimate of drug-likeness (QED) is 0.788. The summed E-state index contributed by atoms with van der Waals surface area (Å²) in [6, 6.07) is 2.47. The van der Waals surface area contributed by atoms with Gasteiger partial charge in [0.05, 0.1) is 5.69 Å². The van der Waals surface area contributed by atoms with Crippen LogP contribution in [0.3, 0.4) is 0 Å². The fourth-order valence-corrected chi connectivity index (χ4v) is 3.04. The third-order valence-corrected chi connectivity index (χ3v) is 4.48. The zero-order valence-corrected chi connectivity index (χ0v) is 10.6. The van der Waals surface area contributed by atoms with Crippen molar-refractivity contribution in [2.45, 2.75) is 23.2 Å². The molecule has 0 radical (unpaired) electrons. The van der Waals surface area contributed by atoms with Gasteiger partial charge in [0.15, 0.2) is 0 Å². The number of nitrogens with zero attached hydrogens (tertiary/aromatic N) is 1. The molecule has 1 aromatic carbocycles. The van der Waals surface area contributed by atoms with Crippen LogP contribution < -0.4 is 4.90 Å². The lowest BCUT2D eigenvalue weighted by atomic mass is 10.3. The monoisotopic (exact) mass is 297 g/mol. The van der Waals surface area contributed by atoms with Gasteiger partial charge in [0.25, 0.3) is 9.84 Å². The summed E-state index contributed by atoms with van der Waals surface area (Å²) in [6.07, 6.45) is 1.53. The fraction of sp³-hybridized carbons (Fsp3) is 0.455. The number of rotatable bonds is 2. The normalized spacial score (nSPS) is 16.9. The summed E-state index contributed by atoms with van der Waals surface area (Å²) in [5.74, 6) is -1.01. The average molecular weight is 297 g/mol. The highest BCUT2D eigenvalue weighted by Crippen LogP contribution is 2.37. The van der Waals surface area contributed by atoms with Crippen molar-refractivity contribution in [2.75, 3.05) is 18.0 Å². The molecule has 1 aliphatic heterocycles. The summed E-state index contributed by atoms with van der Waals surface area (Å²) in [5, 5.41) is 0. The molecule has 0 spiro atoms. The Morgan fingerprint density at radius 3 is 2.21 bits per heavy atom. The number of hydrogen-bond donors (Lipinski definition) is 0. The average Bonchev–Trinajstić information content (AvgIpc) is 2.80. The van der Waals surface area contributed by atoms with E-state index in [9.17, 15) is 26.0 Å². The molecule has 1 aliphatic rings. The van der Waals surface area contributed by atoms with Gasteiger partial charge in [-0.2, -0.15) is 13.2 Å². The van der Waals surface area contributed by atoms with Crippen LogP contribution in [0.2, 0.25) is 0 Å². The Kier molecular flexibility index (Phi) is 3.46. The molecule has 0 bridgehead atoms. The third-order valence-electron chi connectivity index (χ3n) is 2.96. The predicted octanol–water partition coefficient (Wildman–Crippen LogP) is 2.72. The van der Waals surface area contributed by atoms with Gasteiger partial charge in [-0.1, -0.05) is 0 Å². The second-order valence-electron chi connectivity index (χ2n) is 4.26. The van der Waals surface area contributed by atoms with Crippen LogP contribution in [0.1, 0.15) is 12.8 Å². The van der Waals surface area contributed by atoms with Crippen molar-refractivity contribution in [3.8, 4) is 0 Å². The maximum absolute atomic E-state index is 13.1. The fourth-order valence-electron chi connectivity index (χ4n) is 2.05. The Balaban J connectivity index is 2.58. The molecule has 1 aromatic rings. The lowest BCUT2D eigenvalue weighted by Gasteiger charge is -2.21. The number of sulfone groups is 1. The van der Waals surface area contributed by atoms with Crippen molar-refractivity contribution in [1.82, 2.24) is 0 Å². The molecule has 19 heavy (non-hydrogen) atoms. The topological polar surface area (TPSA) is 37.4 Å². The number of alkyl halides is 3. The minimum atomic E-state index is -5.55. The first-order valence-corrected chi connectivity index (χ1v) is 7.07. The van der Waals surface area contributed by atoms with Crippen LogP contribution >= 0.6 is 0 Å². The number of benzene rings is 1. The zero-order chi connectivity index (χ0) is 14.3. The van der Waals surface area contributed by atoms with Gasteiger partial charge in [0.1, 0.15) is 10.7 Å². The summed E-state index contributed by atoms with van der Waals surface area (Å²) in [7, 11) is -5.55. The molecule has 0 unspecified atom stereocenters. The number of hydrogen-bond acceptors (Lipinski definition) is 3. The Hall–Kier alpha value is -1.31. The lowest BCUT2D eigenvalue weighted by molar-refractivity contribution is -0.0435. The molecule has 0 aromatic heterocycles. The van der Waals surface area contributed by atoms with Crippen molar-refractivity contribution >= 4 is 15.5 Å². The van der Waals surface area contributed by atoms with E-state index in [-0.39, 0.29) is 5.69 Å². The molecule has 1 saturated heterocycles. The molecule has 0 N–H and O–H groups in total. The summed E-state index contributed by atoms with van der Waals surface area (Å²) < 4.78 is 73.8. The molecule has 106 valence electrons. The van der Waals surface area contributed by atoms with Gasteiger partial charge in [-0.15, -0.1) is 0 Å². The summed E-state index contributed by atoms with van der Waals surface area (Å²) in [5.41, 5.74) is -5.52. The van der Waals surface area contributed by atoms with Gasteiger partial charge in [0, 0.05) is 13.1 Å². The second-order valence-corrected chi connectivity index (χ2v) is 6.16. The highest BCUT2D eigenvalue weighted by atomic mass is 32.2. The first kappa shape index (κ1) is 14.1. The van der Waals surface area contributed by atoms with Gasteiger partial charge in [0.2, 0.25) is 0 Å². The molecular formula is C11H11F4NO2S. The molecule has 1 heterocycles. The van der Waals surface area contributed by atoms with Crippen LogP contribution in [0.15, 0.2) is 23.1 Å². The second kappa shape index (κ2) is 4.66. The van der Waals surface area contributed by atoms with Crippen molar-refractivity contribution in [1.29, 1.82) is 0 Å². The number of anilines is 1. The van der Waals surface area contributed by atoms with E-state index in [1.807, 2.05) is 0 Å². The lowest BCUT2D eigenvalue weighted by Crippen LogP contribution is -2.27. The van der Waals surface area contributed by atoms with Crippen molar-refractivity contribution in [3.05, 3.63) is 24.0 Å². The van der Waals surface area contributed by atoms with E-state index < -0.39 is 26.1 Å². The first-order valence-electron chi connectivity index (χ1n) is 5.59. The SMILES string of the molecule is O=S(=O)(c1cc(F)ccc1N1CCCC1)C(F)(F)F. The first-order chi connectivity index (χ1) is 8.73. The third kappa shape index (κ3) is 2.54. The molecule has 3 nitrogen and oxygen atoms in total. The van der Waals surface area contributed by atoms with E-state index in [0.717, 1.165) is 25.0 Å². The minimum absolute atomic E-state index is 0.0868. The molecular weight excluding hydrogens is 286 g/mol. The Morgan fingerprint density at radius 1 is 1.11 bits per heavy atom. The van der Waals surface area contributed by atoms with Gasteiger partial charge >= 0.3 is 5.51 Å². The molecule has 2 rings (SSSR count). The standard InChI is InChI=1S/C11H11F4NO2S/c12-8-3-4-9(16-5-1-2-6-16)10(7-8)19(17,18)11(13,14)15/h3-4,7H,1-2,5-6H2. The minimum Gasteiger partial charge on any atom is -0.370 e. The van der Waals surface area contributed by atoms with E-state index in [2.05, 4.69) is 0 Å². The van der Waals surface area contributed by atoms with Gasteiger partial charge in [-0.05, 0) is 31.0 Å². The van der Waals surface area contributed by atoms with Gasteiger partial charge in [-0.25, -0.2) is 12.8 Å². The zero-order valence-electron chi connectivity index (χ0n) is 9.74. The Bertz CT molecular complexity index is 577. The molecule has 0 amide bonds. The number of halogens is 4. The van der Waals surface area contributed by atoms with Crippen LogP contribution in [-0.2, 0) is 9.84 Å². The smallest absolute Gasteiger partial charge is 0.370 e. The largest absolute Gasteiger partial charge is 0.501 e. The highest BCUT2D eigenvalue weighted by molar-refractivity contribution is 7.92. The van der Waals surface area contributed by atoms with E-state index in [1.54, 1.807) is 0 Å². The van der Waals surface area contributed by atoms with Gasteiger partial charge in [-0.3, -0.25) is 0 Å². The maximum Gasteiger partial charge on any atom is 0.501 e. The Labute approximate surface area is 107 Å². The van der Waals surface area contributed by atoms with Crippen LogP contribution in [0, 0.1) is 5.82 Å². The van der Waals surface area contributed by atoms with E-state index >= 15 is 0 Å². The molecule has 0 atom stereocenters. The molecule has 0 saturated carbocycles. The van der Waals surface area contributed by atoms with Crippen LogP contribution in [0.25, 0.3) is 0 Å². The Morgan fingerprint density at radius 2 is 1.68 bits per heavy atom. The molecule has 8 heteroatoms. The molecule has 0 aliphatic carbocycles. The van der Waals surface area contributed by atoms with Crippen LogP contribution in [0.4, 0.5) is 23.2 Å². The van der Waals surface area contributed by atoms with E-state index in [1.165, 1.54) is 4.90 Å². The molecule has 1 fully saturated rings. The maximum atomic E-state index is 13.1. The predicted molar refractivity (Wildman–Crippen MR) is 61.1 cm³/mol. The van der Waals surface area contributed by atoms with Crippen molar-refractivity contribution in [2.24, 2.45) is 0 Å². The summed E-state index contributed by atoms with van der Waals surface area (Å²) in [4.78, 5) is 0.514. The summed E-state index contributed by atoms with van der Waals surface area (Å²) >= 11 is 0. The van der Waals surface area contributed by atoms with Gasteiger partial charge < -0.3 is 4.90 Å².